The minimum Gasteiger partial charge on any atom is -0.369 e. The van der Waals surface area contributed by atoms with Crippen LogP contribution in [-0.2, 0) is 9.59 Å². The van der Waals surface area contributed by atoms with Gasteiger partial charge in [0, 0.05) is 6.42 Å². The first kappa shape index (κ1) is 7.14. The third-order valence-electron chi connectivity index (χ3n) is 0.766. The van der Waals surface area contributed by atoms with Gasteiger partial charge >= 0.3 is 0 Å². The summed E-state index contributed by atoms with van der Waals surface area (Å²) in [6.45, 7) is 1.70. The highest BCUT2D eigenvalue weighted by atomic mass is 16.2. The molecular weight excluding hydrogens is 106 g/mol. The Morgan fingerprint density at radius 3 is 2.12 bits per heavy atom. The molecule has 3 nitrogen and oxygen atoms in total. The third-order valence-corrected chi connectivity index (χ3v) is 0.766. The summed E-state index contributed by atoms with van der Waals surface area (Å²) in [4.78, 5) is 20.3. The Morgan fingerprint density at radius 1 is 1.50 bits per heavy atom. The molecule has 0 unspecified atom stereocenters. The molecule has 0 heterocycles. The molecule has 0 spiro atoms. The summed E-state index contributed by atoms with van der Waals surface area (Å²) in [5, 5.41) is 0. The molecule has 0 bridgehead atoms. The fourth-order valence-corrected chi connectivity index (χ4v) is 0.319. The lowest BCUT2D eigenvalue weighted by Crippen LogP contribution is -2.15. The van der Waals surface area contributed by atoms with Gasteiger partial charge in [0.25, 0.3) is 0 Å². The van der Waals surface area contributed by atoms with Crippen molar-refractivity contribution in [3.05, 3.63) is 0 Å². The van der Waals surface area contributed by atoms with Crippen LogP contribution in [0.5, 0.6) is 0 Å². The van der Waals surface area contributed by atoms with Crippen LogP contribution < -0.4 is 5.73 Å². The maximum Gasteiger partial charge on any atom is 0.224 e. The summed E-state index contributed by atoms with van der Waals surface area (Å²) in [5.41, 5.74) is 4.71. The van der Waals surface area contributed by atoms with Crippen molar-refractivity contribution in [1.82, 2.24) is 0 Å². The van der Waals surface area contributed by atoms with Crippen LogP contribution in [0.25, 0.3) is 0 Å². The molecule has 46 valence electrons. The van der Waals surface area contributed by atoms with Crippen LogP contribution >= 0.6 is 0 Å². The highest BCUT2D eigenvalue weighted by Crippen LogP contribution is 1.84. The molecule has 0 atom stereocenters. The average molecular weight is 115 g/mol. The second kappa shape index (κ2) is 3.18. The number of carbonyl (C=O) groups is 2. The Hall–Kier alpha value is -0.860. The Balaban J connectivity index is 3.40. The van der Waals surface area contributed by atoms with Crippen molar-refractivity contribution in [3.63, 3.8) is 0 Å². The summed E-state index contributed by atoms with van der Waals surface area (Å²) in [5.74, 6) is -0.644. The van der Waals surface area contributed by atoms with Crippen molar-refractivity contribution in [2.75, 3.05) is 0 Å². The summed E-state index contributed by atoms with van der Waals surface area (Å²) in [6.07, 6.45) is 0.277. The Bertz CT molecular complexity index is 109. The minimum absolute atomic E-state index is 0.0995. The van der Waals surface area contributed by atoms with Crippen molar-refractivity contribution in [1.29, 1.82) is 0 Å². The maximum atomic E-state index is 10.3. The Morgan fingerprint density at radius 2 is 2.00 bits per heavy atom. The van der Waals surface area contributed by atoms with Gasteiger partial charge in [-0.25, -0.2) is 0 Å². The van der Waals surface area contributed by atoms with Crippen LogP contribution in [-0.4, -0.2) is 11.7 Å². The van der Waals surface area contributed by atoms with Crippen LogP contribution in [0.2, 0.25) is 0 Å². The smallest absolute Gasteiger partial charge is 0.224 e. The second-order valence-electron chi connectivity index (χ2n) is 1.54. The molecule has 0 aromatic carbocycles. The number of amides is 1. The molecule has 0 aliphatic carbocycles. The highest BCUT2D eigenvalue weighted by Gasteiger charge is 2.00. The molecule has 0 aromatic heterocycles. The van der Waals surface area contributed by atoms with E-state index in [9.17, 15) is 9.59 Å². The van der Waals surface area contributed by atoms with Crippen LogP contribution in [0.4, 0.5) is 0 Å². The predicted molar refractivity (Wildman–Crippen MR) is 29.1 cm³/mol. The number of Topliss-reactive ketones (excluding diaryl/α,β-unsaturated/α-hetero) is 1. The molecule has 0 saturated heterocycles. The normalized spacial score (nSPS) is 8.62. The van der Waals surface area contributed by atoms with Crippen molar-refractivity contribution in [3.8, 4) is 0 Å². The van der Waals surface area contributed by atoms with E-state index in [1.165, 1.54) is 0 Å². The zero-order valence-electron chi connectivity index (χ0n) is 4.81. The topological polar surface area (TPSA) is 60.2 Å². The molecule has 0 radical (unpaired) electrons. The van der Waals surface area contributed by atoms with Gasteiger partial charge in [0.2, 0.25) is 5.91 Å². The van der Waals surface area contributed by atoms with Crippen molar-refractivity contribution in [2.45, 2.75) is 19.8 Å². The molecule has 8 heavy (non-hydrogen) atoms. The van der Waals surface area contributed by atoms with Gasteiger partial charge in [-0.05, 0) is 0 Å². The minimum atomic E-state index is -0.545. The van der Waals surface area contributed by atoms with Gasteiger partial charge in [-0.15, -0.1) is 0 Å². The van der Waals surface area contributed by atoms with Gasteiger partial charge in [-0.2, -0.15) is 0 Å². The molecule has 0 fully saturated rings. The largest absolute Gasteiger partial charge is 0.369 e. The van der Waals surface area contributed by atoms with Crippen molar-refractivity contribution < 1.29 is 9.59 Å². The van der Waals surface area contributed by atoms with E-state index in [1.54, 1.807) is 6.92 Å². The fraction of sp³-hybridized carbons (Fsp3) is 0.600. The van der Waals surface area contributed by atoms with E-state index in [-0.39, 0.29) is 12.2 Å². The Kier molecular flexibility index (Phi) is 2.84. The van der Waals surface area contributed by atoms with Gasteiger partial charge in [-0.1, -0.05) is 6.92 Å². The quantitative estimate of drug-likeness (QED) is 0.519. The Labute approximate surface area is 47.9 Å². The van der Waals surface area contributed by atoms with Crippen molar-refractivity contribution >= 4 is 11.7 Å². The SMILES string of the molecule is CCC(=O)CC(N)=O. The summed E-state index contributed by atoms with van der Waals surface area (Å²) >= 11 is 0. The number of carbonyl (C=O) groups excluding carboxylic acids is 2. The van der Waals surface area contributed by atoms with Gasteiger partial charge in [0.05, 0.1) is 6.42 Å². The van der Waals surface area contributed by atoms with E-state index in [0.717, 1.165) is 0 Å². The summed E-state index contributed by atoms with van der Waals surface area (Å²) < 4.78 is 0. The fourth-order valence-electron chi connectivity index (χ4n) is 0.319. The van der Waals surface area contributed by atoms with Crippen molar-refractivity contribution in [2.24, 2.45) is 5.73 Å². The number of rotatable bonds is 3. The third kappa shape index (κ3) is 3.33. The first-order valence-electron chi connectivity index (χ1n) is 2.46. The van der Waals surface area contributed by atoms with Crippen LogP contribution in [0.1, 0.15) is 19.8 Å². The van der Waals surface area contributed by atoms with Gasteiger partial charge in [-0.3, -0.25) is 9.59 Å². The zero-order chi connectivity index (χ0) is 6.57. The lowest BCUT2D eigenvalue weighted by atomic mass is 10.2. The first-order valence-corrected chi connectivity index (χ1v) is 2.46. The molecule has 0 aliphatic heterocycles. The molecule has 0 aliphatic rings. The molecule has 2 N–H and O–H groups in total. The molecule has 3 heteroatoms. The highest BCUT2D eigenvalue weighted by molar-refractivity contribution is 5.96. The van der Waals surface area contributed by atoms with E-state index in [2.05, 4.69) is 0 Å². The predicted octanol–water partition coefficient (Wildman–Crippen LogP) is -0.159. The van der Waals surface area contributed by atoms with Gasteiger partial charge in [0.15, 0.2) is 0 Å². The number of hydrogen-bond acceptors (Lipinski definition) is 2. The van der Waals surface area contributed by atoms with Crippen LogP contribution in [0.3, 0.4) is 0 Å². The van der Waals surface area contributed by atoms with Crippen LogP contribution in [0, 0.1) is 0 Å². The van der Waals surface area contributed by atoms with Gasteiger partial charge in [0.1, 0.15) is 5.78 Å². The first-order chi connectivity index (χ1) is 3.66. The monoisotopic (exact) mass is 115 g/mol. The molecule has 0 saturated carbocycles. The number of primary amides is 1. The molecule has 0 aromatic rings. The van der Waals surface area contributed by atoms with E-state index in [0.29, 0.717) is 6.42 Å². The molecule has 0 rings (SSSR count). The second-order valence-corrected chi connectivity index (χ2v) is 1.54. The lowest BCUT2D eigenvalue weighted by Gasteiger charge is -1.87. The maximum absolute atomic E-state index is 10.3. The number of ketones is 1. The number of hydrogen-bond donors (Lipinski definition) is 1. The number of nitrogens with two attached hydrogens (primary N) is 1. The zero-order valence-corrected chi connectivity index (χ0v) is 4.81. The van der Waals surface area contributed by atoms with E-state index in [4.69, 9.17) is 5.73 Å². The average Bonchev–Trinajstić information content (AvgIpc) is 1.65. The standard InChI is InChI=1S/C5H9NO2/c1-2-4(7)3-5(6)8/h2-3H2,1H3,(H2,6,8). The summed E-state index contributed by atoms with van der Waals surface area (Å²) in [6, 6.07) is 0. The lowest BCUT2D eigenvalue weighted by molar-refractivity contribution is -0.126. The van der Waals surface area contributed by atoms with E-state index in [1.807, 2.05) is 0 Å². The van der Waals surface area contributed by atoms with Crippen LogP contribution in [0.15, 0.2) is 0 Å². The summed E-state index contributed by atoms with van der Waals surface area (Å²) in [7, 11) is 0. The molecule has 1 amide bonds. The van der Waals surface area contributed by atoms with E-state index < -0.39 is 5.91 Å². The molecular formula is C5H9NO2. The van der Waals surface area contributed by atoms with Gasteiger partial charge < -0.3 is 5.73 Å². The van der Waals surface area contributed by atoms with E-state index >= 15 is 0 Å².